The van der Waals surface area contributed by atoms with Gasteiger partial charge >= 0.3 is 36.5 Å². The second kappa shape index (κ2) is 34.9. The smallest absolute Gasteiger partial charge is 0.392 e. The van der Waals surface area contributed by atoms with Crippen LogP contribution in [0.5, 0.6) is 0 Å². The van der Waals surface area contributed by atoms with E-state index < -0.39 is 96.8 Å². The number of rotatable bonds is 18. The van der Waals surface area contributed by atoms with Gasteiger partial charge in [-0.1, -0.05) is 38.6 Å². The lowest BCUT2D eigenvalue weighted by Gasteiger charge is -2.35. The lowest BCUT2D eigenvalue weighted by molar-refractivity contribution is -0.177. The predicted molar refractivity (Wildman–Crippen MR) is 432 cm³/mol. The number of fused-ring (bicyclic) bond motifs is 16. The molecule has 31 nitrogen and oxygen atoms in total. The minimum Gasteiger partial charge on any atom is -0.396 e. The van der Waals surface area contributed by atoms with Crippen LogP contribution < -0.4 is 65.8 Å². The molecule has 636 valence electrons. The van der Waals surface area contributed by atoms with Crippen molar-refractivity contribution in [1.29, 1.82) is 0 Å². The fourth-order valence-electron chi connectivity index (χ4n) is 15.9. The number of carbonyl (C=O) groups is 8. The summed E-state index contributed by atoms with van der Waals surface area (Å²) in [5, 5.41) is 32.3. The number of aliphatic hydroxyl groups is 2. The maximum Gasteiger partial charge on any atom is 0.392 e. The monoisotopic (exact) mass is 1680 g/mol. The third-order valence-corrected chi connectivity index (χ3v) is 22.7. The Morgan fingerprint density at radius 2 is 0.777 bits per heavy atom. The van der Waals surface area contributed by atoms with Gasteiger partial charge in [-0.3, -0.25) is 60.0 Å². The van der Waals surface area contributed by atoms with Crippen molar-refractivity contribution < 1.29 is 83.7 Å². The summed E-state index contributed by atoms with van der Waals surface area (Å²) >= 11 is 0. The lowest BCUT2D eigenvalue weighted by Crippen LogP contribution is -2.48. The molecule has 10 aliphatic rings. The molecule has 39 heteroatoms. The van der Waals surface area contributed by atoms with Gasteiger partial charge in [0.15, 0.2) is 40.6 Å². The Bertz CT molecular complexity index is 5190. The number of anilines is 12. The molecule has 4 saturated heterocycles. The van der Waals surface area contributed by atoms with Gasteiger partial charge in [-0.15, -0.1) is 0 Å². The van der Waals surface area contributed by atoms with E-state index in [9.17, 15) is 78.6 Å². The predicted octanol–water partition coefficient (Wildman–Crippen LogP) is 12.5. The van der Waals surface area contributed by atoms with E-state index >= 15 is 0 Å². The van der Waals surface area contributed by atoms with E-state index in [1.807, 2.05) is 11.0 Å². The number of halogens is 8. The SMILES string of the molecule is C.C[C@@H](CC(=O)c1ccc2c(n1)N(C(=O)Nc1ccccn1)[C@H]1CCN2C1)C(F)(F)F.O=C(CC1CC1(F)F)c1ccc2c(n1)N(C(=O)Nc1ccccn1)[C@H]1CCN2C1.O=C(C[C@@H](CCO)C(F)(F)F)c1ccc2c(n1)N(C(=O)Nc1ccccn1)[C@H]1CCN2C1.O=C(NC1(CO)CC1)c1ccc2c(n1)N(C(=O)Nc1ccccn1)[C@H]1CCN2C1. The standard InChI is InChI=1S/C21H22F3N5O3.C20H20F3N5O2.C20H19F2N5O2.C20H22N6O3.CH4/c22-21(23,24)13(7-10-30)11-17(31)15-4-5-16-19(26-15)29(14-6-9-28(16)12-14)20(32)27-18-3-1-2-8-25-18;1-12(20(21,22)23)10-16(29)14-5-6-15-18(25-14)28(13-7-9-27(15)11-13)19(30)26-17-4-2-3-8-24-17;21-20(22)10-12(20)9-16(28)14-4-5-15-18(24-14)27(13-6-8-26(15)11-13)19(29)25-17-3-1-2-7-23-17;27-12-20(7-8-20)24-18(28)14-4-5-15-17(22-14)26(13-6-10-25(15)11-13)19(29)23-16-3-1-2-9-21-16;/h1-5,8,13-14,30H,6-7,9-12H2,(H,25,27,32);2-6,8,12-13H,7,9-11H2,1H3,(H,24,26,30);1-5,7,12-13H,6,8-11H2,(H,23,25,29);1-5,9,13,27H,6-8,10-12H2,(H,24,28)(H,21,23,29);1H4/t13-,14+;12-,13-;12?,13-;13-;/m1000./s1. The Balaban J connectivity index is 0.000000132. The third kappa shape index (κ3) is 18.7. The second-order valence-corrected chi connectivity index (χ2v) is 30.9. The van der Waals surface area contributed by atoms with Crippen molar-refractivity contribution in [1.82, 2.24) is 45.2 Å². The average molecular weight is 1680 g/mol. The van der Waals surface area contributed by atoms with Crippen molar-refractivity contribution in [3.8, 4) is 0 Å². The fraction of sp³-hybridized carbons (Fsp3) is 0.415. The van der Waals surface area contributed by atoms with Crippen LogP contribution in [-0.2, 0) is 0 Å². The number of pyridine rings is 8. The van der Waals surface area contributed by atoms with Crippen molar-refractivity contribution in [2.75, 3.05) is 126 Å². The molecule has 6 fully saturated rings. The number of nitrogens with one attached hydrogen (secondary N) is 5. The minimum absolute atomic E-state index is 0. The van der Waals surface area contributed by atoms with Gasteiger partial charge in [0.2, 0.25) is 0 Å². The van der Waals surface area contributed by atoms with Crippen molar-refractivity contribution >= 4 is 117 Å². The average Bonchev–Trinajstić information content (AvgIpc) is 1.71. The zero-order valence-electron chi connectivity index (χ0n) is 64.6. The van der Waals surface area contributed by atoms with Gasteiger partial charge in [-0.2, -0.15) is 26.3 Å². The molecule has 0 spiro atoms. The van der Waals surface area contributed by atoms with Gasteiger partial charge in [-0.05, 0) is 142 Å². The van der Waals surface area contributed by atoms with Crippen LogP contribution in [0.4, 0.5) is 124 Å². The maximum atomic E-state index is 13.2. The molecule has 7 atom stereocenters. The van der Waals surface area contributed by atoms with Gasteiger partial charge in [0, 0.05) is 115 Å². The van der Waals surface area contributed by atoms with E-state index in [1.54, 1.807) is 132 Å². The molecule has 8 aliphatic heterocycles. The van der Waals surface area contributed by atoms with E-state index in [-0.39, 0.29) is 103 Å². The summed E-state index contributed by atoms with van der Waals surface area (Å²) < 4.78 is 104. The summed E-state index contributed by atoms with van der Waals surface area (Å²) in [4.78, 5) is 151. The number of urea groups is 4. The third-order valence-electron chi connectivity index (χ3n) is 22.7. The molecule has 2 aliphatic carbocycles. The number of amides is 9. The van der Waals surface area contributed by atoms with Crippen LogP contribution in [-0.4, -0.2) is 211 Å². The number of hydrogen-bond donors (Lipinski definition) is 7. The lowest BCUT2D eigenvalue weighted by atomic mass is 9.97. The first-order valence-electron chi connectivity index (χ1n) is 39.3. The normalized spacial score (nSPS) is 20.1. The number of carbonyl (C=O) groups excluding carboxylic acids is 8. The number of Topliss-reactive ketones (excluding diaryl/α,β-unsaturated/α-hetero) is 3. The number of ketones is 3. The van der Waals surface area contributed by atoms with Crippen molar-refractivity contribution in [2.45, 2.75) is 133 Å². The fourth-order valence-corrected chi connectivity index (χ4v) is 15.9. The van der Waals surface area contributed by atoms with Crippen LogP contribution in [0.1, 0.15) is 127 Å². The molecule has 1 unspecified atom stereocenters. The van der Waals surface area contributed by atoms with Crippen LogP contribution in [0.3, 0.4) is 0 Å². The summed E-state index contributed by atoms with van der Waals surface area (Å²) in [6.45, 7) is 5.92. The Kier molecular flexibility index (Phi) is 24.5. The van der Waals surface area contributed by atoms with Crippen molar-refractivity contribution in [3.63, 3.8) is 0 Å². The first-order chi connectivity index (χ1) is 57.5. The largest absolute Gasteiger partial charge is 0.396 e. The van der Waals surface area contributed by atoms with Gasteiger partial charge < -0.3 is 35.1 Å². The van der Waals surface area contributed by atoms with Gasteiger partial charge in [0.05, 0.1) is 70.9 Å². The quantitative estimate of drug-likeness (QED) is 0.0310. The molecule has 9 amide bonds. The number of nitrogens with zero attached hydrogens (tertiary/aromatic N) is 16. The van der Waals surface area contributed by atoms with Crippen LogP contribution >= 0.6 is 0 Å². The summed E-state index contributed by atoms with van der Waals surface area (Å²) in [5.74, 6) is -6.64. The zero-order chi connectivity index (χ0) is 84.5. The molecular weight excluding hydrogens is 1590 g/mol. The Morgan fingerprint density at radius 1 is 0.455 bits per heavy atom. The van der Waals surface area contributed by atoms with E-state index in [4.69, 9.17) is 5.11 Å². The molecule has 0 radical (unpaired) electrons. The second-order valence-electron chi connectivity index (χ2n) is 30.9. The topological polar surface area (TPSA) is 366 Å². The van der Waals surface area contributed by atoms with E-state index in [0.29, 0.717) is 78.9 Å². The van der Waals surface area contributed by atoms with Gasteiger partial charge in [0.1, 0.15) is 46.0 Å². The van der Waals surface area contributed by atoms with Crippen LogP contribution in [0.15, 0.2) is 146 Å². The molecule has 8 bridgehead atoms. The summed E-state index contributed by atoms with van der Waals surface area (Å²) in [6.07, 6.45) is -0.772. The molecule has 2 saturated carbocycles. The number of hydrogen-bond acceptors (Lipinski definition) is 22. The molecule has 8 aromatic rings. The summed E-state index contributed by atoms with van der Waals surface area (Å²) in [5.41, 5.74) is 2.54. The van der Waals surface area contributed by atoms with Crippen LogP contribution in [0, 0.1) is 17.8 Å². The highest BCUT2D eigenvalue weighted by molar-refractivity contribution is 6.09. The molecular formula is C82H87F8N21O10. The number of aromatic nitrogens is 8. The Morgan fingerprint density at radius 3 is 1.07 bits per heavy atom. The highest BCUT2D eigenvalue weighted by Gasteiger charge is 2.57. The first-order valence-corrected chi connectivity index (χ1v) is 39.3. The van der Waals surface area contributed by atoms with Gasteiger partial charge in [0.25, 0.3) is 11.8 Å². The minimum atomic E-state index is -4.61. The highest BCUT2D eigenvalue weighted by atomic mass is 19.4. The van der Waals surface area contributed by atoms with E-state index in [1.165, 1.54) is 28.1 Å². The summed E-state index contributed by atoms with van der Waals surface area (Å²) in [6, 6.07) is 31.6. The number of aliphatic hydroxyl groups excluding tert-OH is 2. The molecule has 7 N–H and O–H groups in total. The van der Waals surface area contributed by atoms with Crippen LogP contribution in [0.25, 0.3) is 0 Å². The Hall–Kier alpha value is -12.7. The first kappa shape index (κ1) is 84.8. The molecule has 0 aromatic carbocycles. The van der Waals surface area contributed by atoms with E-state index in [2.05, 4.69) is 81.2 Å². The van der Waals surface area contributed by atoms with Gasteiger partial charge in [-0.25, -0.2) is 67.8 Å². The highest BCUT2D eigenvalue weighted by Crippen LogP contribution is 2.52. The molecule has 18 rings (SSSR count). The zero-order valence-corrected chi connectivity index (χ0v) is 64.6. The van der Waals surface area contributed by atoms with Crippen molar-refractivity contribution in [3.05, 3.63) is 169 Å². The number of alkyl halides is 8. The Labute approximate surface area is 688 Å². The summed E-state index contributed by atoms with van der Waals surface area (Å²) in [7, 11) is 0. The molecule has 8 aromatic heterocycles. The molecule has 16 heterocycles. The van der Waals surface area contributed by atoms with Crippen molar-refractivity contribution in [2.24, 2.45) is 17.8 Å². The van der Waals surface area contributed by atoms with E-state index in [0.717, 1.165) is 76.6 Å². The van der Waals surface area contributed by atoms with Crippen LogP contribution in [0.2, 0.25) is 0 Å². The molecule has 121 heavy (non-hydrogen) atoms. The maximum absolute atomic E-state index is 13.2.